The number of hydrogen-bond donors (Lipinski definition) is 3. The normalized spacial score (nSPS) is 20.6. The van der Waals surface area contributed by atoms with Crippen LogP contribution in [0.1, 0.15) is 57.8 Å². The van der Waals surface area contributed by atoms with Crippen LogP contribution < -0.4 is 16.0 Å². The summed E-state index contributed by atoms with van der Waals surface area (Å²) in [6, 6.07) is 0. The van der Waals surface area contributed by atoms with Gasteiger partial charge in [0.15, 0.2) is 5.96 Å². The molecule has 6 nitrogen and oxygen atoms in total. The van der Waals surface area contributed by atoms with Crippen molar-refractivity contribution in [3.8, 4) is 0 Å². The van der Waals surface area contributed by atoms with E-state index >= 15 is 0 Å². The third kappa shape index (κ3) is 6.49. The van der Waals surface area contributed by atoms with Crippen molar-refractivity contribution in [1.82, 2.24) is 16.0 Å². The summed E-state index contributed by atoms with van der Waals surface area (Å²) in [5.41, 5.74) is 0.364. The molecular weight excluding hydrogens is 316 g/mol. The molecule has 0 aromatic carbocycles. The van der Waals surface area contributed by atoms with Crippen LogP contribution in [0.5, 0.6) is 0 Å². The second kappa shape index (κ2) is 10.6. The molecule has 0 heterocycles. The number of rotatable bonds is 9. The van der Waals surface area contributed by atoms with Gasteiger partial charge in [-0.1, -0.05) is 25.7 Å². The summed E-state index contributed by atoms with van der Waals surface area (Å²) >= 11 is 0. The van der Waals surface area contributed by atoms with E-state index in [0.29, 0.717) is 18.5 Å². The molecule has 3 N–H and O–H groups in total. The first-order valence-electron chi connectivity index (χ1n) is 9.90. The van der Waals surface area contributed by atoms with E-state index in [0.717, 1.165) is 38.4 Å². The van der Waals surface area contributed by atoms with Gasteiger partial charge in [0.2, 0.25) is 5.91 Å². The summed E-state index contributed by atoms with van der Waals surface area (Å²) in [5.74, 6) is 1.26. The number of guanidine groups is 1. The van der Waals surface area contributed by atoms with Crippen molar-refractivity contribution < 1.29 is 9.53 Å². The molecule has 0 bridgehead atoms. The highest BCUT2D eigenvalue weighted by Gasteiger charge is 2.36. The van der Waals surface area contributed by atoms with Crippen LogP contribution in [0.4, 0.5) is 0 Å². The van der Waals surface area contributed by atoms with Crippen LogP contribution >= 0.6 is 0 Å². The fourth-order valence-electron chi connectivity index (χ4n) is 3.88. The minimum absolute atomic E-state index is 0.220. The zero-order valence-corrected chi connectivity index (χ0v) is 16.0. The van der Waals surface area contributed by atoms with Gasteiger partial charge in [0.1, 0.15) is 0 Å². The van der Waals surface area contributed by atoms with Crippen molar-refractivity contribution in [2.75, 3.05) is 40.4 Å². The van der Waals surface area contributed by atoms with E-state index < -0.39 is 0 Å². The van der Waals surface area contributed by atoms with E-state index in [1.165, 1.54) is 38.5 Å². The Bertz CT molecular complexity index is 429. The zero-order valence-electron chi connectivity index (χ0n) is 16.0. The summed E-state index contributed by atoms with van der Waals surface area (Å²) in [4.78, 5) is 16.4. The van der Waals surface area contributed by atoms with Crippen LogP contribution in [-0.2, 0) is 9.53 Å². The lowest BCUT2D eigenvalue weighted by atomic mass is 9.67. The molecule has 0 spiro atoms. The Balaban J connectivity index is 1.60. The lowest BCUT2D eigenvalue weighted by molar-refractivity contribution is -0.125. The van der Waals surface area contributed by atoms with Gasteiger partial charge in [-0.2, -0.15) is 0 Å². The Labute approximate surface area is 152 Å². The van der Waals surface area contributed by atoms with Gasteiger partial charge in [0.25, 0.3) is 0 Å². The van der Waals surface area contributed by atoms with Crippen LogP contribution in [0.15, 0.2) is 4.99 Å². The number of amides is 1. The lowest BCUT2D eigenvalue weighted by Crippen LogP contribution is -2.48. The number of aliphatic imine (C=N–C) groups is 1. The number of methoxy groups -OCH3 is 1. The molecule has 6 heteroatoms. The molecule has 25 heavy (non-hydrogen) atoms. The zero-order chi connectivity index (χ0) is 18.0. The van der Waals surface area contributed by atoms with Crippen LogP contribution in [0.25, 0.3) is 0 Å². The molecule has 2 saturated carbocycles. The number of nitrogens with one attached hydrogen (secondary N) is 3. The van der Waals surface area contributed by atoms with E-state index in [2.05, 4.69) is 20.9 Å². The van der Waals surface area contributed by atoms with Gasteiger partial charge in [-0.25, -0.2) is 0 Å². The molecule has 0 atom stereocenters. The van der Waals surface area contributed by atoms with E-state index in [1.807, 2.05) is 0 Å². The highest BCUT2D eigenvalue weighted by molar-refractivity contribution is 5.80. The summed E-state index contributed by atoms with van der Waals surface area (Å²) in [7, 11) is 3.56. The minimum Gasteiger partial charge on any atom is -0.385 e. The average Bonchev–Trinajstić information content (AvgIpc) is 2.62. The van der Waals surface area contributed by atoms with Crippen LogP contribution in [0.3, 0.4) is 0 Å². The van der Waals surface area contributed by atoms with E-state index in [-0.39, 0.29) is 11.8 Å². The van der Waals surface area contributed by atoms with Crippen molar-refractivity contribution in [3.63, 3.8) is 0 Å². The molecule has 2 aliphatic carbocycles. The molecule has 1 amide bonds. The van der Waals surface area contributed by atoms with Crippen molar-refractivity contribution in [2.24, 2.45) is 16.3 Å². The fraction of sp³-hybridized carbons (Fsp3) is 0.895. The number of hydrogen-bond acceptors (Lipinski definition) is 3. The monoisotopic (exact) mass is 352 g/mol. The molecule has 0 unspecified atom stereocenters. The van der Waals surface area contributed by atoms with E-state index in [4.69, 9.17) is 4.74 Å². The minimum atomic E-state index is 0.220. The van der Waals surface area contributed by atoms with Crippen molar-refractivity contribution in [3.05, 3.63) is 0 Å². The summed E-state index contributed by atoms with van der Waals surface area (Å²) in [5, 5.41) is 9.79. The van der Waals surface area contributed by atoms with Gasteiger partial charge in [0.05, 0.1) is 0 Å². The van der Waals surface area contributed by atoms with Crippen LogP contribution in [0, 0.1) is 11.3 Å². The molecule has 2 aliphatic rings. The highest BCUT2D eigenvalue weighted by atomic mass is 16.5. The van der Waals surface area contributed by atoms with Crippen molar-refractivity contribution >= 4 is 11.9 Å². The molecular formula is C19H36N4O2. The molecule has 2 rings (SSSR count). The summed E-state index contributed by atoms with van der Waals surface area (Å²) in [6.07, 6.45) is 10.7. The van der Waals surface area contributed by atoms with E-state index in [1.54, 1.807) is 14.2 Å². The quantitative estimate of drug-likeness (QED) is 0.337. The molecule has 0 aliphatic heterocycles. The third-order valence-electron chi connectivity index (χ3n) is 5.80. The van der Waals surface area contributed by atoms with Crippen molar-refractivity contribution in [2.45, 2.75) is 57.8 Å². The first-order chi connectivity index (χ1) is 12.2. The number of carbonyl (C=O) groups excluding carboxylic acids is 1. The highest BCUT2D eigenvalue weighted by Crippen LogP contribution is 2.43. The van der Waals surface area contributed by atoms with E-state index in [9.17, 15) is 4.79 Å². The van der Waals surface area contributed by atoms with Gasteiger partial charge in [-0.3, -0.25) is 9.79 Å². The standard InChI is InChI=1S/C19H36N4O2/c1-20-18(23-15-19(9-6-10-19)11-14-25-2)22-13-12-21-17(24)16-7-4-3-5-8-16/h16H,3-15H2,1-2H3,(H,21,24)(H2,20,22,23). The predicted molar refractivity (Wildman–Crippen MR) is 102 cm³/mol. The molecule has 0 saturated heterocycles. The Morgan fingerprint density at radius 1 is 1.08 bits per heavy atom. The Morgan fingerprint density at radius 3 is 2.40 bits per heavy atom. The first kappa shape index (κ1) is 20.0. The first-order valence-corrected chi connectivity index (χ1v) is 9.90. The SMILES string of the molecule is CN=C(NCCNC(=O)C1CCCCC1)NCC1(CCOC)CCC1. The maximum absolute atomic E-state index is 12.1. The summed E-state index contributed by atoms with van der Waals surface area (Å²) < 4.78 is 5.24. The predicted octanol–water partition coefficient (Wildman–Crippen LogP) is 2.05. The maximum atomic E-state index is 12.1. The lowest BCUT2D eigenvalue weighted by Gasteiger charge is -2.42. The largest absolute Gasteiger partial charge is 0.385 e. The summed E-state index contributed by atoms with van der Waals surface area (Å²) in [6.45, 7) is 3.10. The smallest absolute Gasteiger partial charge is 0.223 e. The number of ether oxygens (including phenoxy) is 1. The Morgan fingerprint density at radius 2 is 1.80 bits per heavy atom. The van der Waals surface area contributed by atoms with Gasteiger partial charge >= 0.3 is 0 Å². The molecule has 0 radical (unpaired) electrons. The fourth-order valence-corrected chi connectivity index (χ4v) is 3.88. The molecule has 2 fully saturated rings. The average molecular weight is 353 g/mol. The molecule has 144 valence electrons. The van der Waals surface area contributed by atoms with Gasteiger partial charge in [-0.15, -0.1) is 0 Å². The van der Waals surface area contributed by atoms with Crippen LogP contribution in [0.2, 0.25) is 0 Å². The van der Waals surface area contributed by atoms with Gasteiger partial charge < -0.3 is 20.7 Å². The van der Waals surface area contributed by atoms with Crippen LogP contribution in [-0.4, -0.2) is 52.3 Å². The maximum Gasteiger partial charge on any atom is 0.223 e. The molecule has 0 aromatic heterocycles. The number of carbonyl (C=O) groups is 1. The Kier molecular flexibility index (Phi) is 8.52. The third-order valence-corrected chi connectivity index (χ3v) is 5.80. The topological polar surface area (TPSA) is 74.8 Å². The van der Waals surface area contributed by atoms with Gasteiger partial charge in [-0.05, 0) is 37.5 Å². The second-order valence-electron chi connectivity index (χ2n) is 7.57. The van der Waals surface area contributed by atoms with Crippen molar-refractivity contribution in [1.29, 1.82) is 0 Å². The van der Waals surface area contributed by atoms with Gasteiger partial charge in [0, 0.05) is 46.3 Å². The second-order valence-corrected chi connectivity index (χ2v) is 7.57. The number of nitrogens with zero attached hydrogens (tertiary/aromatic N) is 1. The Hall–Kier alpha value is -1.30. The molecule has 0 aromatic rings.